The number of hydrogen-bond acceptors (Lipinski definition) is 4. The molecule has 4 N–H and O–H groups in total. The first-order valence-electron chi connectivity index (χ1n) is 5.88. The molecular weight excluding hydrogens is 272 g/mol. The van der Waals surface area contributed by atoms with Gasteiger partial charge in [0.15, 0.2) is 0 Å². The van der Waals surface area contributed by atoms with E-state index in [0.29, 0.717) is 0 Å². The van der Waals surface area contributed by atoms with Crippen molar-refractivity contribution in [3.8, 4) is 0 Å². The lowest BCUT2D eigenvalue weighted by Crippen LogP contribution is -2.26. The van der Waals surface area contributed by atoms with Crippen LogP contribution in [0.15, 0.2) is 0 Å². The van der Waals surface area contributed by atoms with Crippen LogP contribution in [0.3, 0.4) is 0 Å². The third-order valence-electron chi connectivity index (χ3n) is 2.89. The molecule has 0 saturated carbocycles. The molecule has 0 heterocycles. The molecule has 0 bridgehead atoms. The summed E-state index contributed by atoms with van der Waals surface area (Å²) in [7, 11) is 0. The monoisotopic (exact) mass is 289 g/mol. The Morgan fingerprint density at radius 2 is 1.30 bits per heavy atom. The Hall–Kier alpha value is -2.12. The van der Waals surface area contributed by atoms with Crippen molar-refractivity contribution in [2.75, 3.05) is 0 Å². The van der Waals surface area contributed by atoms with E-state index in [-0.39, 0.29) is 19.3 Å². The number of carboxylic acids is 4. The molecule has 3 unspecified atom stereocenters. The molecule has 1 radical (unpaired) electrons. The molecule has 0 aromatic rings. The molecule has 3 atom stereocenters. The zero-order valence-corrected chi connectivity index (χ0v) is 10.7. The van der Waals surface area contributed by atoms with E-state index in [0.717, 1.165) is 0 Å². The topological polar surface area (TPSA) is 149 Å². The van der Waals surface area contributed by atoms with Gasteiger partial charge in [-0.05, 0) is 26.2 Å². The van der Waals surface area contributed by atoms with Gasteiger partial charge in [-0.3, -0.25) is 19.2 Å². The van der Waals surface area contributed by atoms with E-state index in [1.54, 1.807) is 0 Å². The maximum absolute atomic E-state index is 11.0. The molecule has 0 aliphatic rings. The standard InChI is InChI=1S/C12H17O8/c1-6(10(15)16)4-8(12(19)20)5-7(11(17)18)2-3-9(13)14/h6-8H,1-5H2,(H,13,14)(H,15,16)(H,17,18)(H,19,20). The van der Waals surface area contributed by atoms with Crippen molar-refractivity contribution < 1.29 is 39.6 Å². The summed E-state index contributed by atoms with van der Waals surface area (Å²) in [6, 6.07) is 0. The quantitative estimate of drug-likeness (QED) is 0.456. The van der Waals surface area contributed by atoms with Crippen LogP contribution in [0.4, 0.5) is 0 Å². The first kappa shape index (κ1) is 17.9. The summed E-state index contributed by atoms with van der Waals surface area (Å²) >= 11 is 0. The van der Waals surface area contributed by atoms with E-state index in [2.05, 4.69) is 6.92 Å². The lowest BCUT2D eigenvalue weighted by molar-refractivity contribution is -0.147. The largest absolute Gasteiger partial charge is 0.481 e. The molecule has 0 aromatic heterocycles. The molecule has 0 fully saturated rings. The SMILES string of the molecule is [CH2]C(CC(CC(CCC(=O)O)C(=O)O)C(=O)O)C(=O)O. The van der Waals surface area contributed by atoms with Gasteiger partial charge in [0.25, 0.3) is 0 Å². The van der Waals surface area contributed by atoms with Gasteiger partial charge in [-0.15, -0.1) is 0 Å². The summed E-state index contributed by atoms with van der Waals surface area (Å²) < 4.78 is 0. The van der Waals surface area contributed by atoms with Gasteiger partial charge < -0.3 is 20.4 Å². The van der Waals surface area contributed by atoms with Crippen molar-refractivity contribution in [1.82, 2.24) is 0 Å². The van der Waals surface area contributed by atoms with Crippen LogP contribution in [0.5, 0.6) is 0 Å². The summed E-state index contributed by atoms with van der Waals surface area (Å²) in [5, 5.41) is 35.1. The molecule has 8 heteroatoms. The average Bonchev–Trinajstić information content (AvgIpc) is 2.31. The Bertz CT molecular complexity index is 389. The number of hydrogen-bond donors (Lipinski definition) is 4. The summed E-state index contributed by atoms with van der Waals surface area (Å²) in [4.78, 5) is 43.1. The van der Waals surface area contributed by atoms with Crippen molar-refractivity contribution >= 4 is 23.9 Å². The Kier molecular flexibility index (Phi) is 7.27. The van der Waals surface area contributed by atoms with Crippen LogP contribution >= 0.6 is 0 Å². The van der Waals surface area contributed by atoms with Crippen molar-refractivity contribution in [3.05, 3.63) is 6.92 Å². The van der Waals surface area contributed by atoms with Crippen LogP contribution in [0.2, 0.25) is 0 Å². The van der Waals surface area contributed by atoms with E-state index in [4.69, 9.17) is 20.4 Å². The van der Waals surface area contributed by atoms with Crippen molar-refractivity contribution in [2.24, 2.45) is 17.8 Å². The van der Waals surface area contributed by atoms with Crippen LogP contribution in [-0.2, 0) is 19.2 Å². The van der Waals surface area contributed by atoms with Gasteiger partial charge >= 0.3 is 23.9 Å². The average molecular weight is 289 g/mol. The summed E-state index contributed by atoms with van der Waals surface area (Å²) in [5.74, 6) is -8.56. The maximum atomic E-state index is 11.0. The van der Waals surface area contributed by atoms with Gasteiger partial charge in [-0.25, -0.2) is 0 Å². The van der Waals surface area contributed by atoms with Crippen LogP contribution < -0.4 is 0 Å². The first-order chi connectivity index (χ1) is 9.15. The third kappa shape index (κ3) is 6.72. The minimum atomic E-state index is -1.32. The second-order valence-corrected chi connectivity index (χ2v) is 4.51. The van der Waals surface area contributed by atoms with Gasteiger partial charge in [0.2, 0.25) is 0 Å². The fourth-order valence-corrected chi connectivity index (χ4v) is 1.73. The van der Waals surface area contributed by atoms with Crippen LogP contribution in [0.1, 0.15) is 25.7 Å². The second-order valence-electron chi connectivity index (χ2n) is 4.51. The highest BCUT2D eigenvalue weighted by molar-refractivity contribution is 5.76. The number of aliphatic carboxylic acids is 4. The Labute approximate surface area is 115 Å². The highest BCUT2D eigenvalue weighted by atomic mass is 16.4. The first-order valence-corrected chi connectivity index (χ1v) is 5.88. The highest BCUT2D eigenvalue weighted by Gasteiger charge is 2.30. The molecule has 0 aromatic carbocycles. The van der Waals surface area contributed by atoms with E-state index < -0.39 is 48.1 Å². The highest BCUT2D eigenvalue weighted by Crippen LogP contribution is 2.24. The number of carboxylic acid groups (broad SMARTS) is 4. The minimum absolute atomic E-state index is 0.205. The predicted molar refractivity (Wildman–Crippen MR) is 64.8 cm³/mol. The normalized spacial score (nSPS) is 15.1. The summed E-state index contributed by atoms with van der Waals surface area (Å²) in [6.07, 6.45) is -1.22. The van der Waals surface area contributed by atoms with Crippen LogP contribution in [0, 0.1) is 24.7 Å². The Morgan fingerprint density at radius 3 is 1.65 bits per heavy atom. The molecule has 0 rings (SSSR count). The van der Waals surface area contributed by atoms with Gasteiger partial charge in [0.1, 0.15) is 0 Å². The Balaban J connectivity index is 4.74. The molecule has 113 valence electrons. The molecule has 0 aliphatic heterocycles. The lowest BCUT2D eigenvalue weighted by Gasteiger charge is -2.18. The fourth-order valence-electron chi connectivity index (χ4n) is 1.73. The number of rotatable bonds is 10. The Morgan fingerprint density at radius 1 is 0.800 bits per heavy atom. The minimum Gasteiger partial charge on any atom is -0.481 e. The van der Waals surface area contributed by atoms with E-state index in [1.807, 2.05) is 0 Å². The van der Waals surface area contributed by atoms with Gasteiger partial charge in [-0.2, -0.15) is 0 Å². The molecule has 0 saturated heterocycles. The smallest absolute Gasteiger partial charge is 0.306 e. The van der Waals surface area contributed by atoms with Crippen molar-refractivity contribution in [2.45, 2.75) is 25.7 Å². The molecular formula is C12H17O8. The number of carbonyl (C=O) groups is 4. The van der Waals surface area contributed by atoms with Gasteiger partial charge in [-0.1, -0.05) is 0 Å². The zero-order valence-electron chi connectivity index (χ0n) is 10.7. The van der Waals surface area contributed by atoms with Crippen molar-refractivity contribution in [3.63, 3.8) is 0 Å². The van der Waals surface area contributed by atoms with Crippen LogP contribution in [0.25, 0.3) is 0 Å². The van der Waals surface area contributed by atoms with Gasteiger partial charge in [0.05, 0.1) is 17.8 Å². The molecule has 8 nitrogen and oxygen atoms in total. The fraction of sp³-hybridized carbons (Fsp3) is 0.583. The van der Waals surface area contributed by atoms with E-state index in [9.17, 15) is 19.2 Å². The van der Waals surface area contributed by atoms with E-state index in [1.165, 1.54) is 0 Å². The predicted octanol–water partition coefficient (Wildman–Crippen LogP) is 0.568. The van der Waals surface area contributed by atoms with Crippen LogP contribution in [-0.4, -0.2) is 44.3 Å². The zero-order chi connectivity index (χ0) is 15.9. The molecule has 20 heavy (non-hydrogen) atoms. The summed E-state index contributed by atoms with van der Waals surface area (Å²) in [5.41, 5.74) is 0. The van der Waals surface area contributed by atoms with Gasteiger partial charge in [0, 0.05) is 6.42 Å². The molecule has 0 spiro atoms. The van der Waals surface area contributed by atoms with Crippen molar-refractivity contribution in [1.29, 1.82) is 0 Å². The third-order valence-corrected chi connectivity index (χ3v) is 2.89. The van der Waals surface area contributed by atoms with E-state index >= 15 is 0 Å². The summed E-state index contributed by atoms with van der Waals surface area (Å²) in [6.45, 7) is 3.28. The second kappa shape index (κ2) is 8.13. The lowest BCUT2D eigenvalue weighted by atomic mass is 9.85. The molecule has 0 aliphatic carbocycles. The maximum Gasteiger partial charge on any atom is 0.306 e. The molecule has 0 amide bonds.